The fourth-order valence-corrected chi connectivity index (χ4v) is 5.64. The van der Waals surface area contributed by atoms with Gasteiger partial charge in [0.2, 0.25) is 11.8 Å². The normalized spacial score (nSPS) is 20.2. The Bertz CT molecular complexity index is 1150. The molecule has 3 heterocycles. The fourth-order valence-electron chi connectivity index (χ4n) is 5.64. The summed E-state index contributed by atoms with van der Waals surface area (Å²) in [4.78, 5) is 39.1. The second-order valence-electron chi connectivity index (χ2n) is 9.70. The number of carbonyl (C=O) groups is 3. The monoisotopic (exact) mass is 483 g/mol. The third kappa shape index (κ3) is 4.31. The molecular formula is C25H30FN5O4. The number of carbonyl (C=O) groups excluding carboxylic acids is 3. The average Bonchev–Trinajstić information content (AvgIpc) is 3.40. The van der Waals surface area contributed by atoms with Crippen molar-refractivity contribution >= 4 is 29.1 Å². The van der Waals surface area contributed by atoms with Crippen LogP contribution < -0.4 is 16.0 Å². The Morgan fingerprint density at radius 1 is 1.23 bits per heavy atom. The van der Waals surface area contributed by atoms with Crippen molar-refractivity contribution in [1.82, 2.24) is 15.1 Å². The number of nitrogens with zero attached hydrogens (tertiary/aromatic N) is 2. The molecule has 10 heteroatoms. The van der Waals surface area contributed by atoms with Crippen LogP contribution in [0.2, 0.25) is 0 Å². The van der Waals surface area contributed by atoms with E-state index in [1.54, 1.807) is 13.1 Å². The molecule has 1 aromatic heterocycles. The highest BCUT2D eigenvalue weighted by Crippen LogP contribution is 2.46. The molecule has 35 heavy (non-hydrogen) atoms. The predicted octanol–water partition coefficient (Wildman–Crippen LogP) is 2.88. The minimum atomic E-state index is -0.818. The first kappa shape index (κ1) is 23.5. The first-order valence-electron chi connectivity index (χ1n) is 12.2. The number of anilines is 2. The first-order chi connectivity index (χ1) is 16.9. The standard InChI is InChI=1S/C25H30FN5O4/c1-31-20(7-10-27-31)22(32)30-21(15-5-3-2-4-6-15)23(33)28-19-14-18-16(13-17(19)26)25(24(34)29-18)8-11-35-12-9-25/h7,10,13-15,21H,2-6,8-9,11-12H2,1H3,(H,28,33)(H,29,34)(H,30,32). The lowest BCUT2D eigenvalue weighted by molar-refractivity contribution is -0.124. The largest absolute Gasteiger partial charge is 0.381 e. The van der Waals surface area contributed by atoms with Crippen molar-refractivity contribution in [2.45, 2.75) is 56.4 Å². The Kier molecular flexibility index (Phi) is 6.31. The van der Waals surface area contributed by atoms with E-state index < -0.39 is 29.1 Å². The van der Waals surface area contributed by atoms with Crippen LogP contribution in [-0.4, -0.2) is 46.8 Å². The summed E-state index contributed by atoms with van der Waals surface area (Å²) in [6, 6.07) is 3.59. The summed E-state index contributed by atoms with van der Waals surface area (Å²) in [6.07, 6.45) is 7.13. The number of amides is 3. The van der Waals surface area contributed by atoms with Crippen LogP contribution in [0.25, 0.3) is 0 Å². The summed E-state index contributed by atoms with van der Waals surface area (Å²) < 4.78 is 22.1. The van der Waals surface area contributed by atoms with Crippen molar-refractivity contribution in [3.05, 3.63) is 41.5 Å². The lowest BCUT2D eigenvalue weighted by Gasteiger charge is -2.31. The summed E-state index contributed by atoms with van der Waals surface area (Å²) in [5, 5.41) is 12.4. The lowest BCUT2D eigenvalue weighted by Crippen LogP contribution is -2.49. The van der Waals surface area contributed by atoms with E-state index >= 15 is 4.39 Å². The number of hydrogen-bond donors (Lipinski definition) is 3. The minimum absolute atomic E-state index is 0.0197. The van der Waals surface area contributed by atoms with Gasteiger partial charge in [-0.25, -0.2) is 4.39 Å². The molecule has 3 amide bonds. The van der Waals surface area contributed by atoms with Gasteiger partial charge in [-0.1, -0.05) is 19.3 Å². The number of ether oxygens (including phenoxy) is 1. The van der Waals surface area contributed by atoms with Crippen LogP contribution in [0.15, 0.2) is 24.4 Å². The van der Waals surface area contributed by atoms with E-state index in [1.165, 1.54) is 23.0 Å². The molecule has 1 aromatic carbocycles. The number of hydrogen-bond acceptors (Lipinski definition) is 5. The summed E-state index contributed by atoms with van der Waals surface area (Å²) in [7, 11) is 1.66. The molecule has 2 aromatic rings. The molecule has 1 atom stereocenters. The van der Waals surface area contributed by atoms with E-state index in [4.69, 9.17) is 4.74 Å². The minimum Gasteiger partial charge on any atom is -0.381 e. The van der Waals surface area contributed by atoms with E-state index in [9.17, 15) is 14.4 Å². The Hall–Kier alpha value is -3.27. The number of aryl methyl sites for hydroxylation is 1. The predicted molar refractivity (Wildman–Crippen MR) is 126 cm³/mol. The van der Waals surface area contributed by atoms with Crippen LogP contribution in [0.3, 0.4) is 0 Å². The van der Waals surface area contributed by atoms with Gasteiger partial charge in [0.1, 0.15) is 17.6 Å². The molecule has 1 saturated heterocycles. The molecule has 1 spiro atoms. The number of benzene rings is 1. The maximum absolute atomic E-state index is 15.2. The van der Waals surface area contributed by atoms with Crippen LogP contribution >= 0.6 is 0 Å². The third-order valence-electron chi connectivity index (χ3n) is 7.65. The van der Waals surface area contributed by atoms with Crippen LogP contribution in [-0.2, 0) is 26.8 Å². The quantitative estimate of drug-likeness (QED) is 0.605. The Balaban J connectivity index is 1.39. The Morgan fingerprint density at radius 3 is 2.66 bits per heavy atom. The molecule has 0 radical (unpaired) electrons. The zero-order chi connectivity index (χ0) is 24.6. The van der Waals surface area contributed by atoms with Crippen LogP contribution in [0, 0.1) is 11.7 Å². The molecule has 9 nitrogen and oxygen atoms in total. The van der Waals surface area contributed by atoms with E-state index in [2.05, 4.69) is 21.0 Å². The molecule has 1 saturated carbocycles. The van der Waals surface area contributed by atoms with Crippen molar-refractivity contribution < 1.29 is 23.5 Å². The highest BCUT2D eigenvalue weighted by atomic mass is 19.1. The highest BCUT2D eigenvalue weighted by molar-refractivity contribution is 6.07. The van der Waals surface area contributed by atoms with E-state index in [0.29, 0.717) is 43.0 Å². The van der Waals surface area contributed by atoms with Gasteiger partial charge in [-0.2, -0.15) is 5.10 Å². The molecule has 3 aliphatic rings. The summed E-state index contributed by atoms with van der Waals surface area (Å²) in [6.45, 7) is 0.874. The van der Waals surface area contributed by atoms with Gasteiger partial charge < -0.3 is 20.7 Å². The van der Waals surface area contributed by atoms with Gasteiger partial charge in [0, 0.05) is 32.1 Å². The van der Waals surface area contributed by atoms with E-state index in [0.717, 1.165) is 32.1 Å². The van der Waals surface area contributed by atoms with Crippen molar-refractivity contribution in [3.63, 3.8) is 0 Å². The van der Waals surface area contributed by atoms with Crippen LogP contribution in [0.5, 0.6) is 0 Å². The Morgan fingerprint density at radius 2 is 1.97 bits per heavy atom. The topological polar surface area (TPSA) is 114 Å². The highest BCUT2D eigenvalue weighted by Gasteiger charge is 2.48. The van der Waals surface area contributed by atoms with Gasteiger partial charge >= 0.3 is 0 Å². The number of nitrogens with one attached hydrogen (secondary N) is 3. The van der Waals surface area contributed by atoms with Gasteiger partial charge in [0.05, 0.1) is 11.1 Å². The molecule has 1 aliphatic carbocycles. The van der Waals surface area contributed by atoms with Crippen LogP contribution in [0.1, 0.15) is 61.0 Å². The lowest BCUT2D eigenvalue weighted by atomic mass is 9.75. The molecule has 1 unspecified atom stereocenters. The van der Waals surface area contributed by atoms with Crippen molar-refractivity contribution in [1.29, 1.82) is 0 Å². The van der Waals surface area contributed by atoms with E-state index in [-0.39, 0.29) is 17.5 Å². The second-order valence-corrected chi connectivity index (χ2v) is 9.70. The van der Waals surface area contributed by atoms with Gasteiger partial charge in [0.25, 0.3) is 5.91 Å². The van der Waals surface area contributed by atoms with Crippen molar-refractivity contribution in [3.8, 4) is 0 Å². The number of fused-ring (bicyclic) bond motifs is 2. The molecule has 3 N–H and O–H groups in total. The zero-order valence-electron chi connectivity index (χ0n) is 19.7. The van der Waals surface area contributed by atoms with Crippen molar-refractivity contribution in [2.24, 2.45) is 13.0 Å². The molecule has 2 fully saturated rings. The number of halogens is 1. The molecule has 186 valence electrons. The van der Waals surface area contributed by atoms with Gasteiger partial charge in [-0.05, 0) is 55.4 Å². The summed E-state index contributed by atoms with van der Waals surface area (Å²) in [5.74, 6) is -1.71. The van der Waals surface area contributed by atoms with Gasteiger partial charge in [-0.15, -0.1) is 0 Å². The first-order valence-corrected chi connectivity index (χ1v) is 12.2. The third-order valence-corrected chi connectivity index (χ3v) is 7.65. The second kappa shape index (κ2) is 9.41. The molecular weight excluding hydrogens is 453 g/mol. The SMILES string of the molecule is Cn1nccc1C(=O)NC(C(=O)Nc1cc2c(cc1F)C1(CCOCC1)C(=O)N2)C1CCCCC1. The maximum atomic E-state index is 15.2. The molecule has 5 rings (SSSR count). The molecule has 0 bridgehead atoms. The number of aromatic nitrogens is 2. The summed E-state index contributed by atoms with van der Waals surface area (Å²) >= 11 is 0. The Labute approximate surface area is 202 Å². The molecule has 2 aliphatic heterocycles. The van der Waals surface area contributed by atoms with Gasteiger partial charge in [-0.3, -0.25) is 19.1 Å². The van der Waals surface area contributed by atoms with Crippen LogP contribution in [0.4, 0.5) is 15.8 Å². The zero-order valence-corrected chi connectivity index (χ0v) is 19.7. The smallest absolute Gasteiger partial charge is 0.270 e. The van der Waals surface area contributed by atoms with Gasteiger partial charge in [0.15, 0.2) is 0 Å². The number of rotatable bonds is 5. The fraction of sp³-hybridized carbons (Fsp3) is 0.520. The van der Waals surface area contributed by atoms with E-state index in [1.807, 2.05) is 0 Å². The average molecular weight is 484 g/mol. The summed E-state index contributed by atoms with van der Waals surface area (Å²) in [5.41, 5.74) is 0.635. The maximum Gasteiger partial charge on any atom is 0.270 e. The van der Waals surface area contributed by atoms with Crippen molar-refractivity contribution in [2.75, 3.05) is 23.8 Å².